The highest BCUT2D eigenvalue weighted by molar-refractivity contribution is 6.04. The number of ether oxygens (including phenoxy) is 1. The van der Waals surface area contributed by atoms with Gasteiger partial charge >= 0.3 is 5.97 Å². The lowest BCUT2D eigenvalue weighted by atomic mass is 9.68. The van der Waals surface area contributed by atoms with Crippen LogP contribution in [-0.2, 0) is 14.3 Å². The van der Waals surface area contributed by atoms with Crippen LogP contribution in [0.15, 0.2) is 52.9 Å². The van der Waals surface area contributed by atoms with Crippen molar-refractivity contribution >= 4 is 11.8 Å². The zero-order valence-corrected chi connectivity index (χ0v) is 15.3. The lowest BCUT2D eigenvalue weighted by Crippen LogP contribution is -2.41. The average Bonchev–Trinajstić information content (AvgIpc) is 2.58. The number of esters is 1. The molecule has 0 saturated carbocycles. The molecular weight excluding hydrogens is 314 g/mol. The smallest absolute Gasteiger partial charge is 0.336 e. The Balaban J connectivity index is 2.22. The first-order valence-electron chi connectivity index (χ1n) is 8.84. The lowest BCUT2D eigenvalue weighted by molar-refractivity contribution is -0.138. The molecule has 0 amide bonds. The molecule has 0 bridgehead atoms. The summed E-state index contributed by atoms with van der Waals surface area (Å²) in [6, 6.07) is 9.76. The molecule has 1 aliphatic heterocycles. The predicted molar refractivity (Wildman–Crippen MR) is 96.7 cm³/mol. The zero-order valence-electron chi connectivity index (χ0n) is 15.3. The molecule has 2 aliphatic rings. The van der Waals surface area contributed by atoms with Crippen molar-refractivity contribution in [3.8, 4) is 0 Å². The molecule has 1 heterocycles. The van der Waals surface area contributed by atoms with Gasteiger partial charge in [0, 0.05) is 34.7 Å². The molecule has 0 saturated heterocycles. The Kier molecular flexibility index (Phi) is 4.55. The number of benzene rings is 1. The minimum atomic E-state index is -0.372. The minimum absolute atomic E-state index is 0.116. The van der Waals surface area contributed by atoms with E-state index in [9.17, 15) is 9.59 Å². The second kappa shape index (κ2) is 6.51. The summed E-state index contributed by atoms with van der Waals surface area (Å²) >= 11 is 0. The van der Waals surface area contributed by atoms with E-state index in [1.807, 2.05) is 37.3 Å². The van der Waals surface area contributed by atoms with Crippen LogP contribution in [0.2, 0.25) is 0 Å². The van der Waals surface area contributed by atoms with Crippen molar-refractivity contribution in [2.45, 2.75) is 46.5 Å². The van der Waals surface area contributed by atoms with Crippen LogP contribution >= 0.6 is 0 Å². The molecule has 0 spiro atoms. The van der Waals surface area contributed by atoms with Crippen LogP contribution in [-0.4, -0.2) is 18.4 Å². The van der Waals surface area contributed by atoms with E-state index in [0.29, 0.717) is 18.6 Å². The number of ketones is 1. The number of carbonyl (C=O) groups is 2. The summed E-state index contributed by atoms with van der Waals surface area (Å²) in [5.74, 6) is -0.613. The molecule has 0 radical (unpaired) electrons. The highest BCUT2D eigenvalue weighted by Gasteiger charge is 2.44. The fraction of sp³-hybridized carbons (Fsp3) is 0.429. The molecule has 4 nitrogen and oxygen atoms in total. The van der Waals surface area contributed by atoms with Crippen molar-refractivity contribution in [3.63, 3.8) is 0 Å². The predicted octanol–water partition coefficient (Wildman–Crippen LogP) is 3.85. The van der Waals surface area contributed by atoms with Crippen molar-refractivity contribution < 1.29 is 14.3 Å². The standard InChI is InChI=1S/C21H25NO3/c1-5-25-20(24)16-13(2)22-19-18(15(23)11-12-21(19,3)4)17(16)14-9-7-6-8-10-14/h6-10,17,22H,5,11-12H2,1-4H3. The molecule has 4 heteroatoms. The maximum Gasteiger partial charge on any atom is 0.336 e. The van der Waals surface area contributed by atoms with Crippen LogP contribution in [0.25, 0.3) is 0 Å². The summed E-state index contributed by atoms with van der Waals surface area (Å²) in [7, 11) is 0. The normalized spacial score (nSPS) is 22.4. The molecule has 3 rings (SSSR count). The summed E-state index contributed by atoms with van der Waals surface area (Å²) in [6.45, 7) is 8.28. The van der Waals surface area contributed by atoms with Gasteiger partial charge in [0.2, 0.25) is 0 Å². The Bertz CT molecular complexity index is 772. The van der Waals surface area contributed by atoms with E-state index in [-0.39, 0.29) is 23.1 Å². The number of carbonyl (C=O) groups excluding carboxylic acids is 2. The van der Waals surface area contributed by atoms with Gasteiger partial charge in [-0.25, -0.2) is 4.79 Å². The van der Waals surface area contributed by atoms with E-state index in [2.05, 4.69) is 19.2 Å². The maximum absolute atomic E-state index is 12.9. The van der Waals surface area contributed by atoms with Crippen LogP contribution in [0.5, 0.6) is 0 Å². The Morgan fingerprint density at radius 2 is 1.96 bits per heavy atom. The van der Waals surface area contributed by atoms with Gasteiger partial charge in [-0.05, 0) is 25.8 Å². The molecule has 0 aromatic heterocycles. The number of rotatable bonds is 3. The van der Waals surface area contributed by atoms with Crippen molar-refractivity contribution in [2.75, 3.05) is 6.61 Å². The second-order valence-corrected chi connectivity index (χ2v) is 7.32. The third-order valence-electron chi connectivity index (χ3n) is 5.15. The van der Waals surface area contributed by atoms with E-state index in [0.717, 1.165) is 29.0 Å². The van der Waals surface area contributed by atoms with E-state index < -0.39 is 0 Å². The molecule has 1 aromatic carbocycles. The quantitative estimate of drug-likeness (QED) is 0.850. The van der Waals surface area contributed by atoms with E-state index >= 15 is 0 Å². The van der Waals surface area contributed by atoms with Crippen molar-refractivity contribution in [1.29, 1.82) is 0 Å². The van der Waals surface area contributed by atoms with Gasteiger partial charge in [-0.1, -0.05) is 44.2 Å². The Morgan fingerprint density at radius 1 is 1.28 bits per heavy atom. The van der Waals surface area contributed by atoms with Crippen molar-refractivity contribution in [1.82, 2.24) is 5.32 Å². The van der Waals surface area contributed by atoms with E-state index in [1.165, 1.54) is 0 Å². The van der Waals surface area contributed by atoms with Gasteiger partial charge in [0.1, 0.15) is 0 Å². The molecule has 1 aromatic rings. The molecular formula is C21H25NO3. The zero-order chi connectivity index (χ0) is 18.2. The Morgan fingerprint density at radius 3 is 2.60 bits per heavy atom. The molecule has 0 fully saturated rings. The number of hydrogen-bond acceptors (Lipinski definition) is 4. The van der Waals surface area contributed by atoms with Gasteiger partial charge in [0.25, 0.3) is 0 Å². The number of Topliss-reactive ketones (excluding diaryl/α,β-unsaturated/α-hetero) is 1. The number of allylic oxidation sites excluding steroid dienone is 3. The molecule has 1 atom stereocenters. The average molecular weight is 339 g/mol. The number of nitrogens with one attached hydrogen (secondary N) is 1. The van der Waals surface area contributed by atoms with Crippen LogP contribution in [0, 0.1) is 5.41 Å². The van der Waals surface area contributed by atoms with Crippen molar-refractivity contribution in [3.05, 3.63) is 58.4 Å². The second-order valence-electron chi connectivity index (χ2n) is 7.32. The molecule has 132 valence electrons. The summed E-state index contributed by atoms with van der Waals surface area (Å²) in [5.41, 5.74) is 3.80. The van der Waals surface area contributed by atoms with E-state index in [4.69, 9.17) is 4.74 Å². The third-order valence-corrected chi connectivity index (χ3v) is 5.15. The van der Waals surface area contributed by atoms with Gasteiger partial charge in [0.05, 0.1) is 12.2 Å². The summed E-state index contributed by atoms with van der Waals surface area (Å²) in [5, 5.41) is 3.37. The monoisotopic (exact) mass is 339 g/mol. The highest BCUT2D eigenvalue weighted by Crippen LogP contribution is 2.48. The molecule has 1 aliphatic carbocycles. The van der Waals surface area contributed by atoms with E-state index in [1.54, 1.807) is 6.92 Å². The van der Waals surface area contributed by atoms with Gasteiger partial charge in [-0.3, -0.25) is 4.79 Å². The summed E-state index contributed by atoms with van der Waals surface area (Å²) < 4.78 is 5.30. The lowest BCUT2D eigenvalue weighted by Gasteiger charge is -2.41. The van der Waals surface area contributed by atoms with Crippen LogP contribution in [0.1, 0.15) is 52.0 Å². The van der Waals surface area contributed by atoms with Crippen molar-refractivity contribution in [2.24, 2.45) is 5.41 Å². The fourth-order valence-corrected chi connectivity index (χ4v) is 3.81. The first kappa shape index (κ1) is 17.5. The number of dihydropyridines is 1. The van der Waals surface area contributed by atoms with Gasteiger partial charge in [-0.2, -0.15) is 0 Å². The largest absolute Gasteiger partial charge is 0.463 e. The fourth-order valence-electron chi connectivity index (χ4n) is 3.81. The third kappa shape index (κ3) is 3.01. The highest BCUT2D eigenvalue weighted by atomic mass is 16.5. The Hall–Kier alpha value is -2.36. The van der Waals surface area contributed by atoms with Gasteiger partial charge in [-0.15, -0.1) is 0 Å². The first-order chi connectivity index (χ1) is 11.9. The first-order valence-corrected chi connectivity index (χ1v) is 8.84. The molecule has 1 unspecified atom stereocenters. The topological polar surface area (TPSA) is 55.4 Å². The number of hydrogen-bond donors (Lipinski definition) is 1. The summed E-state index contributed by atoms with van der Waals surface area (Å²) in [4.78, 5) is 25.5. The van der Waals surface area contributed by atoms with Crippen LogP contribution in [0.3, 0.4) is 0 Å². The molecule has 1 N–H and O–H groups in total. The SMILES string of the molecule is CCOC(=O)C1=C(C)NC2=C(C(=O)CCC2(C)C)C1c1ccccc1. The van der Waals surface area contributed by atoms with Crippen LogP contribution in [0.4, 0.5) is 0 Å². The van der Waals surface area contributed by atoms with Gasteiger partial charge < -0.3 is 10.1 Å². The molecule has 25 heavy (non-hydrogen) atoms. The maximum atomic E-state index is 12.9. The van der Waals surface area contributed by atoms with Crippen LogP contribution < -0.4 is 5.32 Å². The van der Waals surface area contributed by atoms with Gasteiger partial charge in [0.15, 0.2) is 5.78 Å². The minimum Gasteiger partial charge on any atom is -0.463 e. The Labute approximate surface area is 149 Å². The summed E-state index contributed by atoms with van der Waals surface area (Å²) in [6.07, 6.45) is 1.31.